The Morgan fingerprint density at radius 1 is 1.06 bits per heavy atom. The van der Waals surface area contributed by atoms with Crippen LogP contribution < -0.4 is 5.32 Å². The molecular weight excluding hydrogens is 242 g/mol. The smallest absolute Gasteiger partial charge is 0.251 e. The number of carbonyl (C=O) groups excluding carboxylic acids is 1. The summed E-state index contributed by atoms with van der Waals surface area (Å²) in [5.41, 5.74) is 1.87. The zero-order chi connectivity index (χ0) is 12.8. The molecule has 3 heteroatoms. The highest BCUT2D eigenvalue weighted by Crippen LogP contribution is 2.08. The Morgan fingerprint density at radius 3 is 2.56 bits per heavy atom. The van der Waals surface area contributed by atoms with Gasteiger partial charge in [-0.25, -0.2) is 0 Å². The zero-order valence-corrected chi connectivity index (χ0v) is 10.9. The van der Waals surface area contributed by atoms with E-state index in [1.165, 1.54) is 5.56 Å². The molecule has 2 aromatic rings. The molecule has 0 saturated carbocycles. The molecule has 0 aliphatic rings. The molecule has 0 fully saturated rings. The van der Waals surface area contributed by atoms with Gasteiger partial charge in [-0.1, -0.05) is 36.4 Å². The number of benzene rings is 2. The Hall–Kier alpha value is -1.74. The van der Waals surface area contributed by atoms with Gasteiger partial charge in [0.05, 0.1) is 0 Å². The third-order valence-electron chi connectivity index (χ3n) is 2.65. The molecule has 0 aliphatic heterocycles. The molecule has 0 unspecified atom stereocenters. The number of carbonyl (C=O) groups is 1. The van der Waals surface area contributed by atoms with Gasteiger partial charge in [-0.2, -0.15) is 0 Å². The van der Waals surface area contributed by atoms with Crippen LogP contribution >= 0.6 is 12.6 Å². The minimum Gasteiger partial charge on any atom is -0.352 e. The standard InChI is InChI=1S/C15H15NOS/c17-15(13-7-4-8-14(18)11-13)16-10-9-12-5-2-1-3-6-12/h1-8,11,18H,9-10H2,(H,16,17). The summed E-state index contributed by atoms with van der Waals surface area (Å²) in [5, 5.41) is 2.90. The van der Waals surface area contributed by atoms with Gasteiger partial charge in [-0.15, -0.1) is 12.6 Å². The van der Waals surface area contributed by atoms with Crippen LogP contribution in [0.1, 0.15) is 15.9 Å². The molecule has 0 radical (unpaired) electrons. The van der Waals surface area contributed by atoms with Crippen molar-refractivity contribution < 1.29 is 4.79 Å². The van der Waals surface area contributed by atoms with Crippen molar-refractivity contribution in [2.24, 2.45) is 0 Å². The van der Waals surface area contributed by atoms with E-state index < -0.39 is 0 Å². The normalized spacial score (nSPS) is 10.1. The fourth-order valence-corrected chi connectivity index (χ4v) is 1.94. The Balaban J connectivity index is 1.86. The molecule has 2 aromatic carbocycles. The Labute approximate surface area is 112 Å². The summed E-state index contributed by atoms with van der Waals surface area (Å²) in [6.45, 7) is 0.639. The first-order chi connectivity index (χ1) is 8.75. The van der Waals surface area contributed by atoms with Crippen LogP contribution in [0.2, 0.25) is 0 Å². The predicted molar refractivity (Wildman–Crippen MR) is 76.2 cm³/mol. The predicted octanol–water partition coefficient (Wildman–Crippen LogP) is 2.95. The molecular formula is C15H15NOS. The van der Waals surface area contributed by atoms with Crippen LogP contribution in [0, 0.1) is 0 Å². The Kier molecular flexibility index (Phi) is 4.42. The van der Waals surface area contributed by atoms with Crippen molar-refractivity contribution in [2.45, 2.75) is 11.3 Å². The van der Waals surface area contributed by atoms with E-state index in [9.17, 15) is 4.79 Å². The molecule has 0 heterocycles. The number of amides is 1. The molecule has 0 spiro atoms. The summed E-state index contributed by atoms with van der Waals surface area (Å²) in [4.78, 5) is 12.6. The third kappa shape index (κ3) is 3.64. The first kappa shape index (κ1) is 12.7. The Bertz CT molecular complexity index is 525. The quantitative estimate of drug-likeness (QED) is 0.810. The topological polar surface area (TPSA) is 29.1 Å². The highest BCUT2D eigenvalue weighted by molar-refractivity contribution is 7.80. The molecule has 0 aliphatic carbocycles. The molecule has 92 valence electrons. The molecule has 0 saturated heterocycles. The van der Waals surface area contributed by atoms with Gasteiger partial charge in [0.1, 0.15) is 0 Å². The highest BCUT2D eigenvalue weighted by atomic mass is 32.1. The minimum absolute atomic E-state index is 0.0539. The second-order valence-electron chi connectivity index (χ2n) is 4.04. The molecule has 1 N–H and O–H groups in total. The zero-order valence-electron chi connectivity index (χ0n) is 9.97. The monoisotopic (exact) mass is 257 g/mol. The SMILES string of the molecule is O=C(NCCc1ccccc1)c1cccc(S)c1. The van der Waals surface area contributed by atoms with E-state index in [-0.39, 0.29) is 5.91 Å². The van der Waals surface area contributed by atoms with Crippen molar-refractivity contribution in [3.05, 3.63) is 65.7 Å². The number of hydrogen-bond donors (Lipinski definition) is 2. The van der Waals surface area contributed by atoms with Crippen LogP contribution in [-0.4, -0.2) is 12.5 Å². The van der Waals surface area contributed by atoms with E-state index in [1.807, 2.05) is 30.3 Å². The van der Waals surface area contributed by atoms with E-state index >= 15 is 0 Å². The number of nitrogens with one attached hydrogen (secondary N) is 1. The van der Waals surface area contributed by atoms with Gasteiger partial charge in [0.15, 0.2) is 0 Å². The second-order valence-corrected chi connectivity index (χ2v) is 4.56. The van der Waals surface area contributed by atoms with Gasteiger partial charge in [0, 0.05) is 17.0 Å². The highest BCUT2D eigenvalue weighted by Gasteiger charge is 2.04. The molecule has 1 amide bonds. The lowest BCUT2D eigenvalue weighted by Crippen LogP contribution is -2.25. The van der Waals surface area contributed by atoms with Crippen LogP contribution in [0.5, 0.6) is 0 Å². The number of hydrogen-bond acceptors (Lipinski definition) is 2. The molecule has 0 aromatic heterocycles. The van der Waals surface area contributed by atoms with Gasteiger partial charge in [0.25, 0.3) is 5.91 Å². The first-order valence-corrected chi connectivity index (χ1v) is 6.31. The average molecular weight is 257 g/mol. The van der Waals surface area contributed by atoms with E-state index in [0.717, 1.165) is 11.3 Å². The maximum absolute atomic E-state index is 11.8. The van der Waals surface area contributed by atoms with E-state index in [0.29, 0.717) is 12.1 Å². The second kappa shape index (κ2) is 6.26. The summed E-state index contributed by atoms with van der Waals surface area (Å²) in [6, 6.07) is 17.3. The minimum atomic E-state index is -0.0539. The molecule has 18 heavy (non-hydrogen) atoms. The van der Waals surface area contributed by atoms with Crippen molar-refractivity contribution in [1.82, 2.24) is 5.32 Å². The van der Waals surface area contributed by atoms with Crippen LogP contribution in [0.15, 0.2) is 59.5 Å². The van der Waals surface area contributed by atoms with Crippen LogP contribution in [0.4, 0.5) is 0 Å². The summed E-state index contributed by atoms with van der Waals surface area (Å²) in [7, 11) is 0. The lowest BCUT2D eigenvalue weighted by atomic mass is 10.1. The van der Waals surface area contributed by atoms with E-state index in [4.69, 9.17) is 0 Å². The first-order valence-electron chi connectivity index (χ1n) is 5.87. The van der Waals surface area contributed by atoms with Crippen LogP contribution in [-0.2, 0) is 6.42 Å². The fraction of sp³-hybridized carbons (Fsp3) is 0.133. The fourth-order valence-electron chi connectivity index (χ4n) is 1.71. The number of rotatable bonds is 4. The van der Waals surface area contributed by atoms with Crippen LogP contribution in [0.3, 0.4) is 0 Å². The van der Waals surface area contributed by atoms with Gasteiger partial charge in [-0.3, -0.25) is 4.79 Å². The van der Waals surface area contributed by atoms with Crippen molar-refractivity contribution >= 4 is 18.5 Å². The lowest BCUT2D eigenvalue weighted by Gasteiger charge is -2.05. The maximum Gasteiger partial charge on any atom is 0.251 e. The van der Waals surface area contributed by atoms with E-state index in [2.05, 4.69) is 30.1 Å². The largest absolute Gasteiger partial charge is 0.352 e. The maximum atomic E-state index is 11.8. The van der Waals surface area contributed by atoms with Gasteiger partial charge in [0.2, 0.25) is 0 Å². The Morgan fingerprint density at radius 2 is 1.83 bits per heavy atom. The van der Waals surface area contributed by atoms with Crippen molar-refractivity contribution in [3.63, 3.8) is 0 Å². The van der Waals surface area contributed by atoms with Crippen molar-refractivity contribution in [1.29, 1.82) is 0 Å². The van der Waals surface area contributed by atoms with Crippen molar-refractivity contribution in [2.75, 3.05) is 6.54 Å². The summed E-state index contributed by atoms with van der Waals surface area (Å²) in [6.07, 6.45) is 0.840. The summed E-state index contributed by atoms with van der Waals surface area (Å²) < 4.78 is 0. The van der Waals surface area contributed by atoms with Crippen LogP contribution in [0.25, 0.3) is 0 Å². The van der Waals surface area contributed by atoms with Gasteiger partial charge in [-0.05, 0) is 30.2 Å². The molecule has 2 nitrogen and oxygen atoms in total. The third-order valence-corrected chi connectivity index (χ3v) is 2.93. The number of thiol groups is 1. The summed E-state index contributed by atoms with van der Waals surface area (Å²) >= 11 is 4.22. The molecule has 0 bridgehead atoms. The average Bonchev–Trinajstić information content (AvgIpc) is 2.40. The molecule has 2 rings (SSSR count). The van der Waals surface area contributed by atoms with Gasteiger partial charge >= 0.3 is 0 Å². The molecule has 0 atom stereocenters. The summed E-state index contributed by atoms with van der Waals surface area (Å²) in [5.74, 6) is -0.0539. The van der Waals surface area contributed by atoms with Gasteiger partial charge < -0.3 is 5.32 Å². The van der Waals surface area contributed by atoms with E-state index in [1.54, 1.807) is 12.1 Å². The lowest BCUT2D eigenvalue weighted by molar-refractivity contribution is 0.0954. The van der Waals surface area contributed by atoms with Crippen molar-refractivity contribution in [3.8, 4) is 0 Å².